The van der Waals surface area contributed by atoms with Gasteiger partial charge in [0.05, 0.1) is 11.6 Å². The van der Waals surface area contributed by atoms with Gasteiger partial charge in [-0.25, -0.2) is 4.39 Å². The average Bonchev–Trinajstić information content (AvgIpc) is 3.02. The Kier molecular flexibility index (Phi) is 4.07. The van der Waals surface area contributed by atoms with Gasteiger partial charge in [0.15, 0.2) is 0 Å². The van der Waals surface area contributed by atoms with Gasteiger partial charge in [-0.1, -0.05) is 42.0 Å². The van der Waals surface area contributed by atoms with Crippen LogP contribution < -0.4 is 0 Å². The Hall–Kier alpha value is -3.12. The first-order valence-electron chi connectivity index (χ1n) is 7.20. The molecule has 3 aromatic rings. The SMILES string of the molecule is Cc1ccc(/C(C#N)=C\c2ccc(-c3cccc(F)c3)o2)cc1. The van der Waals surface area contributed by atoms with E-state index in [0.717, 1.165) is 11.1 Å². The van der Waals surface area contributed by atoms with Crippen molar-refractivity contribution in [3.8, 4) is 17.4 Å². The van der Waals surface area contributed by atoms with Gasteiger partial charge in [0, 0.05) is 5.56 Å². The minimum absolute atomic E-state index is 0.312. The second-order valence-electron chi connectivity index (χ2n) is 5.25. The van der Waals surface area contributed by atoms with E-state index in [9.17, 15) is 9.65 Å². The third-order valence-electron chi connectivity index (χ3n) is 3.51. The van der Waals surface area contributed by atoms with Gasteiger partial charge in [-0.05, 0) is 42.8 Å². The largest absolute Gasteiger partial charge is 0.457 e. The zero-order chi connectivity index (χ0) is 16.2. The molecule has 0 amide bonds. The highest BCUT2D eigenvalue weighted by atomic mass is 19.1. The number of nitrogens with zero attached hydrogens (tertiary/aromatic N) is 1. The summed E-state index contributed by atoms with van der Waals surface area (Å²) in [5, 5.41) is 9.36. The summed E-state index contributed by atoms with van der Waals surface area (Å²) >= 11 is 0. The molecular weight excluding hydrogens is 289 g/mol. The molecule has 0 fully saturated rings. The maximum Gasteiger partial charge on any atom is 0.134 e. The molecule has 1 aromatic heterocycles. The summed E-state index contributed by atoms with van der Waals surface area (Å²) in [4.78, 5) is 0. The van der Waals surface area contributed by atoms with E-state index in [-0.39, 0.29) is 5.82 Å². The van der Waals surface area contributed by atoms with Crippen LogP contribution in [-0.2, 0) is 0 Å². The van der Waals surface area contributed by atoms with Crippen molar-refractivity contribution >= 4 is 11.6 Å². The molecule has 2 nitrogen and oxygen atoms in total. The number of allylic oxidation sites excluding steroid dienone is 1. The Labute approximate surface area is 134 Å². The van der Waals surface area contributed by atoms with Crippen LogP contribution in [0, 0.1) is 24.1 Å². The Morgan fingerprint density at radius 2 is 1.87 bits per heavy atom. The predicted molar refractivity (Wildman–Crippen MR) is 88.8 cm³/mol. The van der Waals surface area contributed by atoms with Crippen LogP contribution in [0.2, 0.25) is 0 Å². The molecule has 3 heteroatoms. The number of nitriles is 1. The molecule has 0 bridgehead atoms. The van der Waals surface area contributed by atoms with Gasteiger partial charge < -0.3 is 4.42 Å². The van der Waals surface area contributed by atoms with Crippen molar-refractivity contribution in [3.63, 3.8) is 0 Å². The van der Waals surface area contributed by atoms with Gasteiger partial charge in [-0.15, -0.1) is 0 Å². The highest BCUT2D eigenvalue weighted by molar-refractivity contribution is 5.88. The Morgan fingerprint density at radius 3 is 2.57 bits per heavy atom. The molecular formula is C20H14FNO. The molecule has 0 saturated carbocycles. The van der Waals surface area contributed by atoms with Crippen LogP contribution >= 0.6 is 0 Å². The topological polar surface area (TPSA) is 36.9 Å². The Bertz CT molecular complexity index is 898. The number of hydrogen-bond donors (Lipinski definition) is 0. The van der Waals surface area contributed by atoms with E-state index < -0.39 is 0 Å². The summed E-state index contributed by atoms with van der Waals surface area (Å²) in [6.07, 6.45) is 1.69. The highest BCUT2D eigenvalue weighted by Crippen LogP contribution is 2.25. The zero-order valence-corrected chi connectivity index (χ0v) is 12.6. The number of furan rings is 1. The summed E-state index contributed by atoms with van der Waals surface area (Å²) < 4.78 is 19.0. The second kappa shape index (κ2) is 6.33. The molecule has 0 unspecified atom stereocenters. The number of aryl methyl sites for hydroxylation is 1. The lowest BCUT2D eigenvalue weighted by molar-refractivity contribution is 0.570. The van der Waals surface area contributed by atoms with Gasteiger partial charge in [0.2, 0.25) is 0 Å². The molecule has 0 atom stereocenters. The molecule has 3 rings (SSSR count). The van der Waals surface area contributed by atoms with Crippen LogP contribution in [0.3, 0.4) is 0 Å². The lowest BCUT2D eigenvalue weighted by atomic mass is 10.0. The molecule has 112 valence electrons. The maximum absolute atomic E-state index is 13.3. The molecule has 0 aliphatic heterocycles. The third kappa shape index (κ3) is 3.38. The van der Waals surface area contributed by atoms with Crippen molar-refractivity contribution in [1.82, 2.24) is 0 Å². The van der Waals surface area contributed by atoms with Crippen LogP contribution in [0.4, 0.5) is 4.39 Å². The predicted octanol–water partition coefficient (Wildman–Crippen LogP) is 5.46. The fourth-order valence-corrected chi connectivity index (χ4v) is 2.28. The lowest BCUT2D eigenvalue weighted by Crippen LogP contribution is -1.81. The normalized spacial score (nSPS) is 11.3. The van der Waals surface area contributed by atoms with E-state index in [2.05, 4.69) is 6.07 Å². The van der Waals surface area contributed by atoms with Crippen LogP contribution in [-0.4, -0.2) is 0 Å². The summed E-state index contributed by atoms with van der Waals surface area (Å²) in [7, 11) is 0. The highest BCUT2D eigenvalue weighted by Gasteiger charge is 2.07. The van der Waals surface area contributed by atoms with Crippen molar-refractivity contribution in [1.29, 1.82) is 5.26 Å². The first-order valence-corrected chi connectivity index (χ1v) is 7.20. The number of halogens is 1. The van der Waals surface area contributed by atoms with Gasteiger partial charge in [-0.2, -0.15) is 5.26 Å². The minimum Gasteiger partial charge on any atom is -0.457 e. The summed E-state index contributed by atoms with van der Waals surface area (Å²) in [6, 6.07) is 19.7. The fourth-order valence-electron chi connectivity index (χ4n) is 2.28. The monoisotopic (exact) mass is 303 g/mol. The minimum atomic E-state index is -0.312. The van der Waals surface area contributed by atoms with E-state index >= 15 is 0 Å². The quantitative estimate of drug-likeness (QED) is 0.602. The summed E-state index contributed by atoms with van der Waals surface area (Å²) in [5.41, 5.74) is 3.16. The molecule has 0 radical (unpaired) electrons. The van der Waals surface area contributed by atoms with Crippen molar-refractivity contribution < 1.29 is 8.81 Å². The number of rotatable bonds is 3. The van der Waals surface area contributed by atoms with Crippen molar-refractivity contribution in [2.24, 2.45) is 0 Å². The summed E-state index contributed by atoms with van der Waals surface area (Å²) in [6.45, 7) is 2.00. The second-order valence-corrected chi connectivity index (χ2v) is 5.25. The van der Waals surface area contributed by atoms with Crippen LogP contribution in [0.1, 0.15) is 16.9 Å². The van der Waals surface area contributed by atoms with Crippen molar-refractivity contribution in [2.75, 3.05) is 0 Å². The molecule has 0 aliphatic rings. The molecule has 1 heterocycles. The first kappa shape index (κ1) is 14.8. The molecule has 23 heavy (non-hydrogen) atoms. The number of hydrogen-bond acceptors (Lipinski definition) is 2. The third-order valence-corrected chi connectivity index (χ3v) is 3.51. The molecule has 0 N–H and O–H groups in total. The molecule has 0 saturated heterocycles. The standard InChI is InChI=1S/C20H14FNO/c1-14-5-7-15(8-6-14)17(13-22)12-19-9-10-20(23-19)16-3-2-4-18(21)11-16/h2-12H,1H3/b17-12-. The Morgan fingerprint density at radius 1 is 1.09 bits per heavy atom. The smallest absolute Gasteiger partial charge is 0.134 e. The lowest BCUT2D eigenvalue weighted by Gasteiger charge is -1.99. The van der Waals surface area contributed by atoms with E-state index in [0.29, 0.717) is 22.7 Å². The fraction of sp³-hybridized carbons (Fsp3) is 0.0500. The van der Waals surface area contributed by atoms with E-state index in [1.165, 1.54) is 12.1 Å². The average molecular weight is 303 g/mol. The van der Waals surface area contributed by atoms with Gasteiger partial charge in [-0.3, -0.25) is 0 Å². The van der Waals surface area contributed by atoms with Gasteiger partial charge >= 0.3 is 0 Å². The maximum atomic E-state index is 13.3. The van der Waals surface area contributed by atoms with Crippen LogP contribution in [0.25, 0.3) is 23.0 Å². The van der Waals surface area contributed by atoms with E-state index in [1.54, 1.807) is 30.3 Å². The molecule has 0 spiro atoms. The first-order chi connectivity index (χ1) is 11.2. The molecule has 0 aliphatic carbocycles. The molecule has 2 aromatic carbocycles. The van der Waals surface area contributed by atoms with Crippen LogP contribution in [0.5, 0.6) is 0 Å². The Balaban J connectivity index is 1.93. The van der Waals surface area contributed by atoms with Gasteiger partial charge in [0.1, 0.15) is 17.3 Å². The van der Waals surface area contributed by atoms with E-state index in [1.807, 2.05) is 31.2 Å². The van der Waals surface area contributed by atoms with Crippen molar-refractivity contribution in [3.05, 3.63) is 83.4 Å². The van der Waals surface area contributed by atoms with Crippen molar-refractivity contribution in [2.45, 2.75) is 6.92 Å². The van der Waals surface area contributed by atoms with Gasteiger partial charge in [0.25, 0.3) is 0 Å². The van der Waals surface area contributed by atoms with Crippen LogP contribution in [0.15, 0.2) is 65.1 Å². The zero-order valence-electron chi connectivity index (χ0n) is 12.6. The summed E-state index contributed by atoms with van der Waals surface area (Å²) in [5.74, 6) is 0.812. The number of benzene rings is 2. The van der Waals surface area contributed by atoms with E-state index in [4.69, 9.17) is 4.42 Å².